The molecule has 1 aliphatic heterocycles. The molecule has 1 fully saturated rings. The molecular formula is C25H28N4O2S. The fourth-order valence-corrected chi connectivity index (χ4v) is 4.88. The lowest BCUT2D eigenvalue weighted by molar-refractivity contribution is 0.0697. The lowest BCUT2D eigenvalue weighted by Crippen LogP contribution is -2.30. The number of carbonyl (C=O) groups is 1. The average molecular weight is 449 g/mol. The molecule has 32 heavy (non-hydrogen) atoms. The highest BCUT2D eigenvalue weighted by atomic mass is 32.1. The van der Waals surface area contributed by atoms with Gasteiger partial charge in [-0.05, 0) is 80.5 Å². The Morgan fingerprint density at radius 3 is 2.56 bits per heavy atom. The van der Waals surface area contributed by atoms with Crippen LogP contribution in [0.1, 0.15) is 64.9 Å². The van der Waals surface area contributed by atoms with Gasteiger partial charge in [0.25, 0.3) is 0 Å². The Balaban J connectivity index is 1.79. The number of aromatic carboxylic acids is 1. The van der Waals surface area contributed by atoms with E-state index in [1.165, 1.54) is 5.56 Å². The van der Waals surface area contributed by atoms with Gasteiger partial charge in [0.05, 0.1) is 23.3 Å². The average Bonchev–Trinajstić information content (AvgIpc) is 3.27. The SMILES string of the molecule is CCCCN1C(=S)N[C@@H](c2ccccn2)[C@H]1c1cc(C)n(-c2ccc(C(=O)O)cc2)c1C. The maximum atomic E-state index is 11.2. The minimum absolute atomic E-state index is 0.0298. The maximum Gasteiger partial charge on any atom is 0.335 e. The molecule has 0 amide bonds. The Morgan fingerprint density at radius 1 is 1.19 bits per heavy atom. The van der Waals surface area contributed by atoms with Crippen molar-refractivity contribution in [1.82, 2.24) is 19.8 Å². The minimum atomic E-state index is -0.923. The molecule has 6 nitrogen and oxygen atoms in total. The summed E-state index contributed by atoms with van der Waals surface area (Å²) in [6.07, 6.45) is 3.97. The van der Waals surface area contributed by atoms with Crippen LogP contribution >= 0.6 is 12.2 Å². The third-order valence-corrected chi connectivity index (χ3v) is 6.46. The van der Waals surface area contributed by atoms with Gasteiger partial charge in [0, 0.05) is 29.8 Å². The molecule has 3 heterocycles. The molecule has 2 N–H and O–H groups in total. The van der Waals surface area contributed by atoms with E-state index in [0.29, 0.717) is 0 Å². The monoisotopic (exact) mass is 448 g/mol. The van der Waals surface area contributed by atoms with Crippen molar-refractivity contribution in [2.24, 2.45) is 0 Å². The number of rotatable bonds is 7. The van der Waals surface area contributed by atoms with E-state index in [1.807, 2.05) is 36.5 Å². The van der Waals surface area contributed by atoms with Crippen molar-refractivity contribution in [3.8, 4) is 5.69 Å². The van der Waals surface area contributed by atoms with E-state index in [1.54, 1.807) is 12.1 Å². The first-order valence-corrected chi connectivity index (χ1v) is 11.3. The van der Waals surface area contributed by atoms with Crippen LogP contribution in [0.4, 0.5) is 0 Å². The number of nitrogens with zero attached hydrogens (tertiary/aromatic N) is 3. The van der Waals surface area contributed by atoms with Crippen molar-refractivity contribution in [3.05, 3.63) is 82.9 Å². The first-order chi connectivity index (χ1) is 15.4. The largest absolute Gasteiger partial charge is 0.478 e. The fourth-order valence-electron chi connectivity index (χ4n) is 4.55. The van der Waals surface area contributed by atoms with Gasteiger partial charge in [-0.1, -0.05) is 19.4 Å². The summed E-state index contributed by atoms with van der Waals surface area (Å²) >= 11 is 5.75. The van der Waals surface area contributed by atoms with Crippen LogP contribution in [0.2, 0.25) is 0 Å². The van der Waals surface area contributed by atoms with Gasteiger partial charge in [0.2, 0.25) is 0 Å². The molecule has 0 radical (unpaired) electrons. The van der Waals surface area contributed by atoms with E-state index in [-0.39, 0.29) is 17.6 Å². The third kappa shape index (κ3) is 4.00. The summed E-state index contributed by atoms with van der Waals surface area (Å²) < 4.78 is 2.18. The highest BCUT2D eigenvalue weighted by Gasteiger charge is 2.41. The molecule has 2 atom stereocenters. The molecule has 4 rings (SSSR count). The van der Waals surface area contributed by atoms with Crippen LogP contribution < -0.4 is 5.32 Å². The number of thiocarbonyl (C=S) groups is 1. The van der Waals surface area contributed by atoms with Gasteiger partial charge in [-0.15, -0.1) is 0 Å². The Bertz CT molecular complexity index is 1120. The number of hydrogen-bond donors (Lipinski definition) is 2. The summed E-state index contributed by atoms with van der Waals surface area (Å²) in [5.41, 5.74) is 5.60. The van der Waals surface area contributed by atoms with Gasteiger partial charge < -0.3 is 19.9 Å². The van der Waals surface area contributed by atoms with E-state index in [9.17, 15) is 9.90 Å². The highest BCUT2D eigenvalue weighted by molar-refractivity contribution is 7.80. The molecule has 166 valence electrons. The quantitative estimate of drug-likeness (QED) is 0.498. The molecule has 2 aromatic heterocycles. The van der Waals surface area contributed by atoms with Gasteiger partial charge in [0.1, 0.15) is 0 Å². The Morgan fingerprint density at radius 2 is 1.94 bits per heavy atom. The Kier molecular flexibility index (Phi) is 6.28. The van der Waals surface area contributed by atoms with Crippen molar-refractivity contribution < 1.29 is 9.90 Å². The van der Waals surface area contributed by atoms with Crippen LogP contribution in [-0.4, -0.2) is 37.2 Å². The second-order valence-electron chi connectivity index (χ2n) is 8.19. The van der Waals surface area contributed by atoms with Crippen molar-refractivity contribution >= 4 is 23.3 Å². The highest BCUT2D eigenvalue weighted by Crippen LogP contribution is 2.41. The number of pyridine rings is 1. The van der Waals surface area contributed by atoms with Crippen LogP contribution in [0.5, 0.6) is 0 Å². The smallest absolute Gasteiger partial charge is 0.335 e. The van der Waals surface area contributed by atoms with Gasteiger partial charge >= 0.3 is 5.97 Å². The van der Waals surface area contributed by atoms with E-state index in [2.05, 4.69) is 46.6 Å². The van der Waals surface area contributed by atoms with Gasteiger partial charge in [-0.2, -0.15) is 0 Å². The van der Waals surface area contributed by atoms with E-state index >= 15 is 0 Å². The first-order valence-electron chi connectivity index (χ1n) is 10.9. The van der Waals surface area contributed by atoms with Crippen LogP contribution in [-0.2, 0) is 0 Å². The zero-order chi connectivity index (χ0) is 22.8. The topological polar surface area (TPSA) is 70.4 Å². The molecule has 0 aliphatic carbocycles. The van der Waals surface area contributed by atoms with Crippen molar-refractivity contribution in [2.75, 3.05) is 6.54 Å². The standard InChI is InChI=1S/C25H28N4O2S/c1-4-5-14-28-23(22(27-25(28)32)21-8-6-7-13-26-21)20-15-16(2)29(17(20)3)19-11-9-18(10-12-19)24(30)31/h6-13,15,22-23H,4-5,14H2,1-3H3,(H,27,32)(H,30,31)/t22-,23+/m0/s1. The summed E-state index contributed by atoms with van der Waals surface area (Å²) in [6.45, 7) is 7.26. The summed E-state index contributed by atoms with van der Waals surface area (Å²) in [5, 5.41) is 13.5. The van der Waals surface area contributed by atoms with Gasteiger partial charge in [-0.3, -0.25) is 4.98 Å². The number of carboxylic acid groups (broad SMARTS) is 1. The van der Waals surface area contributed by atoms with Gasteiger partial charge in [0.15, 0.2) is 5.11 Å². The normalized spacial score (nSPS) is 18.1. The molecule has 3 aromatic rings. The molecule has 1 aromatic carbocycles. The maximum absolute atomic E-state index is 11.2. The fraction of sp³-hybridized carbons (Fsp3) is 0.320. The number of carboxylic acids is 1. The second-order valence-corrected chi connectivity index (χ2v) is 8.57. The van der Waals surface area contributed by atoms with E-state index in [4.69, 9.17) is 12.2 Å². The minimum Gasteiger partial charge on any atom is -0.478 e. The molecule has 1 aliphatic rings. The third-order valence-electron chi connectivity index (χ3n) is 6.11. The number of unbranched alkanes of at least 4 members (excludes halogenated alkanes) is 1. The van der Waals surface area contributed by atoms with Gasteiger partial charge in [-0.25, -0.2) is 4.79 Å². The lowest BCUT2D eigenvalue weighted by atomic mass is 9.96. The van der Waals surface area contributed by atoms with E-state index < -0.39 is 5.97 Å². The molecule has 0 spiro atoms. The molecular weight excluding hydrogens is 420 g/mol. The number of benzene rings is 1. The van der Waals surface area contributed by atoms with Crippen molar-refractivity contribution in [3.63, 3.8) is 0 Å². The molecule has 0 bridgehead atoms. The summed E-state index contributed by atoms with van der Waals surface area (Å²) in [4.78, 5) is 18.2. The summed E-state index contributed by atoms with van der Waals surface area (Å²) in [6, 6.07) is 15.2. The van der Waals surface area contributed by atoms with Crippen molar-refractivity contribution in [1.29, 1.82) is 0 Å². The lowest BCUT2D eigenvalue weighted by Gasteiger charge is -2.28. The number of nitrogens with one attached hydrogen (secondary N) is 1. The number of aromatic nitrogens is 2. The van der Waals surface area contributed by atoms with Crippen LogP contribution in [0.25, 0.3) is 5.69 Å². The molecule has 0 unspecified atom stereocenters. The Labute approximate surface area is 193 Å². The zero-order valence-electron chi connectivity index (χ0n) is 18.6. The Hall–Kier alpha value is -3.19. The number of hydrogen-bond acceptors (Lipinski definition) is 3. The molecule has 1 saturated heterocycles. The van der Waals surface area contributed by atoms with Crippen LogP contribution in [0.3, 0.4) is 0 Å². The summed E-state index contributed by atoms with van der Waals surface area (Å²) in [5.74, 6) is -0.923. The van der Waals surface area contributed by atoms with Crippen LogP contribution in [0.15, 0.2) is 54.7 Å². The van der Waals surface area contributed by atoms with Crippen LogP contribution in [0, 0.1) is 13.8 Å². The van der Waals surface area contributed by atoms with Crippen molar-refractivity contribution in [2.45, 2.75) is 45.7 Å². The predicted molar refractivity (Wildman–Crippen MR) is 129 cm³/mol. The molecule has 0 saturated carbocycles. The summed E-state index contributed by atoms with van der Waals surface area (Å²) in [7, 11) is 0. The van der Waals surface area contributed by atoms with E-state index in [0.717, 1.165) is 47.3 Å². The molecule has 7 heteroatoms. The first kappa shape index (κ1) is 22.0. The number of aryl methyl sites for hydroxylation is 1. The second kappa shape index (κ2) is 9.12. The predicted octanol–water partition coefficient (Wildman–Crippen LogP) is 4.96. The zero-order valence-corrected chi connectivity index (χ0v) is 19.4.